The molecule has 1 aliphatic heterocycles. The van der Waals surface area contributed by atoms with Crippen LogP contribution in [-0.2, 0) is 7.05 Å². The molecular formula is C20H21ClFN5O. The van der Waals surface area contributed by atoms with Gasteiger partial charge in [-0.15, -0.1) is 0 Å². The van der Waals surface area contributed by atoms with Crippen molar-refractivity contribution in [3.63, 3.8) is 0 Å². The van der Waals surface area contributed by atoms with Crippen LogP contribution in [0.2, 0.25) is 0 Å². The zero-order chi connectivity index (χ0) is 20.3. The molecule has 6 nitrogen and oxygen atoms in total. The number of aliphatic imine (C=N–C) groups is 1. The maximum Gasteiger partial charge on any atom is 0.315 e. The van der Waals surface area contributed by atoms with Crippen LogP contribution in [0.25, 0.3) is 10.9 Å². The van der Waals surface area contributed by atoms with Crippen molar-refractivity contribution in [2.45, 2.75) is 13.8 Å². The average Bonchev–Trinajstić information content (AvgIpc) is 3.21. The van der Waals surface area contributed by atoms with E-state index in [0.29, 0.717) is 11.9 Å². The Kier molecular flexibility index (Phi) is 5.84. The highest BCUT2D eigenvalue weighted by atomic mass is 35.5. The van der Waals surface area contributed by atoms with Gasteiger partial charge in [0.15, 0.2) is 11.6 Å². The van der Waals surface area contributed by atoms with Gasteiger partial charge in [-0.2, -0.15) is 4.99 Å². The van der Waals surface area contributed by atoms with Gasteiger partial charge >= 0.3 is 6.02 Å². The second-order valence-corrected chi connectivity index (χ2v) is 6.62. The van der Waals surface area contributed by atoms with Crippen LogP contribution in [0.1, 0.15) is 12.6 Å². The first-order chi connectivity index (χ1) is 13.4. The van der Waals surface area contributed by atoms with Gasteiger partial charge in [-0.05, 0) is 50.3 Å². The Hall–Kier alpha value is -3.06. The fraction of sp³-hybridized carbons (Fsp3) is 0.200. The Morgan fingerprint density at radius 3 is 2.96 bits per heavy atom. The number of fused-ring (bicyclic) bond motifs is 1. The molecule has 0 fully saturated rings. The predicted molar refractivity (Wildman–Crippen MR) is 111 cm³/mol. The van der Waals surface area contributed by atoms with Gasteiger partial charge in [-0.1, -0.05) is 17.7 Å². The van der Waals surface area contributed by atoms with Crippen molar-refractivity contribution in [2.24, 2.45) is 12.0 Å². The molecule has 0 saturated heterocycles. The molecule has 2 aromatic rings. The average molecular weight is 402 g/mol. The number of amidine groups is 1. The SMILES string of the molecule is C/C=C/C1=CCN(C=CC(Cl)=NC(=N)Oc2ccc3c(cc(C)n3C)c2F)N1. The molecule has 0 saturated carbocycles. The van der Waals surface area contributed by atoms with Crippen molar-refractivity contribution in [3.8, 4) is 5.75 Å². The van der Waals surface area contributed by atoms with E-state index in [1.807, 2.05) is 48.7 Å². The van der Waals surface area contributed by atoms with Crippen LogP contribution in [0.3, 0.4) is 0 Å². The Morgan fingerprint density at radius 1 is 1.43 bits per heavy atom. The molecule has 0 unspecified atom stereocenters. The van der Waals surface area contributed by atoms with Gasteiger partial charge < -0.3 is 9.30 Å². The highest BCUT2D eigenvalue weighted by molar-refractivity contribution is 6.69. The first kappa shape index (κ1) is 19.7. The number of benzene rings is 1. The van der Waals surface area contributed by atoms with Crippen LogP contribution >= 0.6 is 11.6 Å². The third kappa shape index (κ3) is 4.26. The monoisotopic (exact) mass is 401 g/mol. The third-order valence-corrected chi connectivity index (χ3v) is 4.51. The van der Waals surface area contributed by atoms with Gasteiger partial charge in [0.05, 0.1) is 17.8 Å². The van der Waals surface area contributed by atoms with Crippen molar-refractivity contribution in [3.05, 3.63) is 65.9 Å². The molecule has 0 spiro atoms. The molecule has 28 heavy (non-hydrogen) atoms. The number of aromatic nitrogens is 1. The molecule has 1 aliphatic rings. The van der Waals surface area contributed by atoms with E-state index in [1.54, 1.807) is 18.3 Å². The molecular weight excluding hydrogens is 381 g/mol. The molecule has 8 heteroatoms. The summed E-state index contributed by atoms with van der Waals surface area (Å²) in [5.74, 6) is -0.599. The minimum absolute atomic E-state index is 0.0447. The normalized spacial score (nSPS) is 15.0. The summed E-state index contributed by atoms with van der Waals surface area (Å²) >= 11 is 6.04. The fourth-order valence-corrected chi connectivity index (χ4v) is 2.95. The Balaban J connectivity index is 1.65. The number of hydrazine groups is 1. The summed E-state index contributed by atoms with van der Waals surface area (Å²) in [7, 11) is 1.86. The van der Waals surface area contributed by atoms with Crippen molar-refractivity contribution < 1.29 is 9.13 Å². The fourth-order valence-electron chi connectivity index (χ4n) is 2.82. The molecule has 1 aromatic heterocycles. The topological polar surface area (TPSA) is 65.6 Å². The number of hydrogen-bond donors (Lipinski definition) is 2. The molecule has 3 rings (SSSR count). The number of hydrogen-bond acceptors (Lipinski definition) is 4. The largest absolute Gasteiger partial charge is 0.422 e. The summed E-state index contributed by atoms with van der Waals surface area (Å²) in [6.07, 6.45) is 9.13. The predicted octanol–water partition coefficient (Wildman–Crippen LogP) is 4.37. The molecule has 0 radical (unpaired) electrons. The van der Waals surface area contributed by atoms with Crippen molar-refractivity contribution >= 4 is 33.7 Å². The second kappa shape index (κ2) is 8.31. The molecule has 146 valence electrons. The molecule has 1 aromatic carbocycles. The van der Waals surface area contributed by atoms with Gasteiger partial charge in [-0.3, -0.25) is 10.4 Å². The van der Waals surface area contributed by atoms with Crippen molar-refractivity contribution in [1.82, 2.24) is 15.0 Å². The van der Waals surface area contributed by atoms with Gasteiger partial charge in [0, 0.05) is 24.3 Å². The molecule has 0 bridgehead atoms. The summed E-state index contributed by atoms with van der Waals surface area (Å²) in [6, 6.07) is 4.46. The number of nitrogens with one attached hydrogen (secondary N) is 2. The first-order valence-corrected chi connectivity index (χ1v) is 9.06. The highest BCUT2D eigenvalue weighted by Crippen LogP contribution is 2.28. The van der Waals surface area contributed by atoms with Gasteiger partial charge in [0.1, 0.15) is 5.17 Å². The molecule has 2 heterocycles. The van der Waals surface area contributed by atoms with Crippen LogP contribution in [0, 0.1) is 18.2 Å². The lowest BCUT2D eigenvalue weighted by molar-refractivity contribution is 0.369. The van der Waals surface area contributed by atoms with Gasteiger partial charge in [-0.25, -0.2) is 9.80 Å². The number of halogens is 2. The van der Waals surface area contributed by atoms with Crippen LogP contribution in [0.5, 0.6) is 5.75 Å². The first-order valence-electron chi connectivity index (χ1n) is 8.68. The van der Waals surface area contributed by atoms with E-state index in [2.05, 4.69) is 10.4 Å². The summed E-state index contributed by atoms with van der Waals surface area (Å²) in [5, 5.41) is 10.1. The summed E-state index contributed by atoms with van der Waals surface area (Å²) in [4.78, 5) is 3.83. The minimum Gasteiger partial charge on any atom is -0.422 e. The standard InChI is InChI=1S/C20H21ClFN5O/c1-4-5-14-8-10-27(25-14)11-9-18(21)24-20(23)28-17-7-6-16-15(19(17)22)12-13(2)26(16)3/h4-9,11-12,23,25H,10H2,1-3H3/b5-4+,11-9?,23-20?,24-18?. The van der Waals surface area contributed by atoms with E-state index < -0.39 is 11.8 Å². The highest BCUT2D eigenvalue weighted by Gasteiger charge is 2.14. The van der Waals surface area contributed by atoms with Crippen LogP contribution in [-0.4, -0.2) is 27.3 Å². The number of ether oxygens (including phenoxy) is 1. The van der Waals surface area contributed by atoms with E-state index in [0.717, 1.165) is 16.9 Å². The van der Waals surface area contributed by atoms with Crippen LogP contribution < -0.4 is 10.2 Å². The maximum absolute atomic E-state index is 14.7. The van der Waals surface area contributed by atoms with Crippen molar-refractivity contribution in [1.29, 1.82) is 5.41 Å². The Morgan fingerprint density at radius 2 is 2.21 bits per heavy atom. The van der Waals surface area contributed by atoms with E-state index in [4.69, 9.17) is 21.7 Å². The van der Waals surface area contributed by atoms with Gasteiger partial charge in [0.2, 0.25) is 0 Å². The lowest BCUT2D eigenvalue weighted by Crippen LogP contribution is -2.26. The number of rotatable bonds is 4. The number of nitrogens with zero attached hydrogens (tertiary/aromatic N) is 3. The Labute approximate surface area is 167 Å². The Bertz CT molecular complexity index is 1030. The van der Waals surface area contributed by atoms with E-state index in [1.165, 1.54) is 12.1 Å². The number of aryl methyl sites for hydroxylation is 2. The van der Waals surface area contributed by atoms with Crippen molar-refractivity contribution in [2.75, 3.05) is 6.54 Å². The number of allylic oxidation sites excluding steroid dienone is 3. The maximum atomic E-state index is 14.7. The molecule has 0 amide bonds. The lowest BCUT2D eigenvalue weighted by atomic mass is 10.2. The van der Waals surface area contributed by atoms with E-state index in [-0.39, 0.29) is 10.9 Å². The smallest absolute Gasteiger partial charge is 0.315 e. The molecule has 2 N–H and O–H groups in total. The summed E-state index contributed by atoms with van der Waals surface area (Å²) < 4.78 is 21.8. The molecule has 0 atom stereocenters. The van der Waals surface area contributed by atoms with Crippen LogP contribution in [0.4, 0.5) is 4.39 Å². The van der Waals surface area contributed by atoms with Crippen LogP contribution in [0.15, 0.2) is 59.4 Å². The van der Waals surface area contributed by atoms with E-state index >= 15 is 0 Å². The summed E-state index contributed by atoms with van der Waals surface area (Å²) in [6.45, 7) is 4.51. The third-order valence-electron chi connectivity index (χ3n) is 4.30. The summed E-state index contributed by atoms with van der Waals surface area (Å²) in [5.41, 5.74) is 5.80. The second-order valence-electron chi connectivity index (χ2n) is 6.24. The quantitative estimate of drug-likeness (QED) is 0.590. The van der Waals surface area contributed by atoms with Gasteiger partial charge in [0.25, 0.3) is 0 Å². The lowest BCUT2D eigenvalue weighted by Gasteiger charge is -2.13. The van der Waals surface area contributed by atoms with E-state index in [9.17, 15) is 4.39 Å². The minimum atomic E-state index is -0.531. The molecule has 0 aliphatic carbocycles. The zero-order valence-electron chi connectivity index (χ0n) is 15.8. The zero-order valence-corrected chi connectivity index (χ0v) is 16.6.